The van der Waals surface area contributed by atoms with E-state index in [1.807, 2.05) is 0 Å². The van der Waals surface area contributed by atoms with Crippen molar-refractivity contribution in [2.24, 2.45) is 4.99 Å². The summed E-state index contributed by atoms with van der Waals surface area (Å²) in [5.41, 5.74) is 5.19. The van der Waals surface area contributed by atoms with E-state index < -0.39 is 0 Å². The first kappa shape index (κ1) is 10.2. The van der Waals surface area contributed by atoms with E-state index in [9.17, 15) is 0 Å². The molecule has 3 nitrogen and oxygen atoms in total. The molecule has 0 aromatic heterocycles. The van der Waals surface area contributed by atoms with Crippen LogP contribution < -0.4 is 5.48 Å². The van der Waals surface area contributed by atoms with Gasteiger partial charge in [-0.15, -0.1) is 0 Å². The van der Waals surface area contributed by atoms with Crippen LogP contribution in [0.15, 0.2) is 29.3 Å². The van der Waals surface area contributed by atoms with Crippen LogP contribution in [0.3, 0.4) is 0 Å². The molecule has 82 valence electrons. The molecule has 1 aliphatic heterocycles. The molecular formula is C12H18N2O. The van der Waals surface area contributed by atoms with Gasteiger partial charge in [0.2, 0.25) is 0 Å². The van der Waals surface area contributed by atoms with Crippen molar-refractivity contribution in [1.29, 1.82) is 0 Å². The zero-order valence-corrected chi connectivity index (χ0v) is 9.10. The number of hydrogen-bond donors (Lipinski definition) is 1. The Balaban J connectivity index is 0.00000128. The SMILES string of the molecule is CC(C)c1ccc(C2CONC=N2)cc1.[HH]. The molecule has 1 atom stereocenters. The number of rotatable bonds is 2. The van der Waals surface area contributed by atoms with Gasteiger partial charge in [0, 0.05) is 1.43 Å². The Morgan fingerprint density at radius 3 is 2.67 bits per heavy atom. The quantitative estimate of drug-likeness (QED) is 0.807. The first-order valence-corrected chi connectivity index (χ1v) is 5.26. The van der Waals surface area contributed by atoms with Crippen LogP contribution in [0.2, 0.25) is 0 Å². The van der Waals surface area contributed by atoms with E-state index in [2.05, 4.69) is 48.6 Å². The largest absolute Gasteiger partial charge is 0.273 e. The van der Waals surface area contributed by atoms with Crippen LogP contribution in [0.4, 0.5) is 0 Å². The molecule has 1 unspecified atom stereocenters. The second-order valence-electron chi connectivity index (χ2n) is 4.04. The molecule has 0 spiro atoms. The predicted molar refractivity (Wildman–Crippen MR) is 63.0 cm³/mol. The van der Waals surface area contributed by atoms with Crippen LogP contribution in [0.5, 0.6) is 0 Å². The Kier molecular flexibility index (Phi) is 3.02. The molecule has 0 fully saturated rings. The van der Waals surface area contributed by atoms with Gasteiger partial charge < -0.3 is 0 Å². The second-order valence-corrected chi connectivity index (χ2v) is 4.04. The summed E-state index contributed by atoms with van der Waals surface area (Å²) in [5.74, 6) is 0.576. The number of nitrogens with zero attached hydrogens (tertiary/aromatic N) is 1. The average Bonchev–Trinajstić information content (AvgIpc) is 2.30. The lowest BCUT2D eigenvalue weighted by Gasteiger charge is -2.17. The molecule has 2 rings (SSSR count). The van der Waals surface area contributed by atoms with E-state index >= 15 is 0 Å². The highest BCUT2D eigenvalue weighted by atomic mass is 16.6. The molecule has 1 aromatic rings. The minimum Gasteiger partial charge on any atom is -0.273 e. The molecule has 0 amide bonds. The van der Waals surface area contributed by atoms with Gasteiger partial charge in [0.05, 0.1) is 0 Å². The van der Waals surface area contributed by atoms with Crippen molar-refractivity contribution in [1.82, 2.24) is 5.48 Å². The van der Waals surface area contributed by atoms with E-state index in [4.69, 9.17) is 4.84 Å². The zero-order chi connectivity index (χ0) is 10.7. The van der Waals surface area contributed by atoms with Crippen LogP contribution in [0.1, 0.15) is 38.4 Å². The lowest BCUT2D eigenvalue weighted by atomic mass is 9.99. The molecule has 1 aliphatic rings. The third-order valence-corrected chi connectivity index (χ3v) is 2.62. The molecule has 1 aromatic carbocycles. The second kappa shape index (κ2) is 4.45. The fourth-order valence-corrected chi connectivity index (χ4v) is 1.61. The summed E-state index contributed by atoms with van der Waals surface area (Å²) in [6.07, 6.45) is 1.60. The topological polar surface area (TPSA) is 33.6 Å². The molecule has 0 radical (unpaired) electrons. The van der Waals surface area contributed by atoms with Crippen LogP contribution in [0.25, 0.3) is 0 Å². The number of hydrogen-bond acceptors (Lipinski definition) is 3. The van der Waals surface area contributed by atoms with E-state index in [1.165, 1.54) is 11.1 Å². The normalized spacial score (nSPS) is 20.3. The number of hydroxylamine groups is 1. The van der Waals surface area contributed by atoms with Crippen molar-refractivity contribution < 1.29 is 6.26 Å². The minimum absolute atomic E-state index is 0. The van der Waals surface area contributed by atoms with Gasteiger partial charge in [-0.1, -0.05) is 38.1 Å². The summed E-state index contributed by atoms with van der Waals surface area (Å²) < 4.78 is 0. The Morgan fingerprint density at radius 1 is 1.40 bits per heavy atom. The highest BCUT2D eigenvalue weighted by Gasteiger charge is 2.12. The maximum atomic E-state index is 5.11. The lowest BCUT2D eigenvalue weighted by Crippen LogP contribution is -2.22. The van der Waals surface area contributed by atoms with Crippen LogP contribution in [-0.4, -0.2) is 12.9 Å². The molecule has 0 saturated heterocycles. The van der Waals surface area contributed by atoms with Crippen molar-refractivity contribution >= 4 is 6.34 Å². The van der Waals surface area contributed by atoms with Gasteiger partial charge >= 0.3 is 0 Å². The Hall–Kier alpha value is -1.35. The van der Waals surface area contributed by atoms with E-state index in [0.29, 0.717) is 12.5 Å². The highest BCUT2D eigenvalue weighted by molar-refractivity contribution is 5.54. The van der Waals surface area contributed by atoms with E-state index in [-0.39, 0.29) is 7.47 Å². The van der Waals surface area contributed by atoms with Gasteiger partial charge in [0.1, 0.15) is 19.0 Å². The minimum atomic E-state index is 0. The van der Waals surface area contributed by atoms with Crippen molar-refractivity contribution in [3.05, 3.63) is 35.4 Å². The predicted octanol–water partition coefficient (Wildman–Crippen LogP) is 2.66. The van der Waals surface area contributed by atoms with Crippen molar-refractivity contribution in [2.45, 2.75) is 25.8 Å². The zero-order valence-electron chi connectivity index (χ0n) is 9.10. The molecule has 0 saturated carbocycles. The third-order valence-electron chi connectivity index (χ3n) is 2.62. The molecular weight excluding hydrogens is 188 g/mol. The van der Waals surface area contributed by atoms with Crippen molar-refractivity contribution in [3.8, 4) is 0 Å². The lowest BCUT2D eigenvalue weighted by molar-refractivity contribution is 0.0660. The number of benzene rings is 1. The molecule has 1 N–H and O–H groups in total. The van der Waals surface area contributed by atoms with Crippen molar-refractivity contribution in [3.63, 3.8) is 0 Å². The number of aliphatic imine (C=N–C) groups is 1. The highest BCUT2D eigenvalue weighted by Crippen LogP contribution is 2.21. The number of nitrogens with one attached hydrogen (secondary N) is 1. The van der Waals surface area contributed by atoms with E-state index in [0.717, 1.165) is 0 Å². The van der Waals surface area contributed by atoms with Crippen LogP contribution >= 0.6 is 0 Å². The summed E-state index contributed by atoms with van der Waals surface area (Å²) in [7, 11) is 0. The van der Waals surface area contributed by atoms with Gasteiger partial charge in [-0.3, -0.25) is 15.3 Å². The van der Waals surface area contributed by atoms with E-state index in [1.54, 1.807) is 6.34 Å². The van der Waals surface area contributed by atoms with Crippen molar-refractivity contribution in [2.75, 3.05) is 6.61 Å². The summed E-state index contributed by atoms with van der Waals surface area (Å²) in [5, 5.41) is 0. The first-order valence-electron chi connectivity index (χ1n) is 5.26. The first-order chi connectivity index (χ1) is 7.27. The maximum Gasteiger partial charge on any atom is 0.108 e. The fourth-order valence-electron chi connectivity index (χ4n) is 1.61. The summed E-state index contributed by atoms with van der Waals surface area (Å²) in [6, 6.07) is 8.72. The van der Waals surface area contributed by atoms with Crippen LogP contribution in [-0.2, 0) is 4.84 Å². The fraction of sp³-hybridized carbons (Fsp3) is 0.417. The Morgan fingerprint density at radius 2 is 2.13 bits per heavy atom. The van der Waals surface area contributed by atoms with Gasteiger partial charge in [0.15, 0.2) is 0 Å². The van der Waals surface area contributed by atoms with Gasteiger partial charge in [-0.25, -0.2) is 0 Å². The smallest absolute Gasteiger partial charge is 0.108 e. The molecule has 3 heteroatoms. The van der Waals surface area contributed by atoms with Gasteiger partial charge in [-0.05, 0) is 17.0 Å². The average molecular weight is 206 g/mol. The molecule has 15 heavy (non-hydrogen) atoms. The third kappa shape index (κ3) is 2.36. The summed E-state index contributed by atoms with van der Waals surface area (Å²) in [6.45, 7) is 4.99. The standard InChI is InChI=1S/C12H16N2O.H2/c1-9(2)10-3-5-11(6-4-10)12-7-15-14-8-13-12;/h3-6,8-9,12H,7H2,1-2H3,(H,13,14);1H. The van der Waals surface area contributed by atoms with Crippen LogP contribution in [0, 0.1) is 0 Å². The Bertz CT molecular complexity index is 349. The monoisotopic (exact) mass is 206 g/mol. The molecule has 1 heterocycles. The summed E-state index contributed by atoms with van der Waals surface area (Å²) >= 11 is 0. The molecule has 0 aliphatic carbocycles. The molecule has 0 bridgehead atoms. The Labute approximate surface area is 91.6 Å². The summed E-state index contributed by atoms with van der Waals surface area (Å²) in [4.78, 5) is 9.43. The maximum absolute atomic E-state index is 5.11. The van der Waals surface area contributed by atoms with Gasteiger partial charge in [-0.2, -0.15) is 0 Å². The van der Waals surface area contributed by atoms with Gasteiger partial charge in [0.25, 0.3) is 0 Å².